The summed E-state index contributed by atoms with van der Waals surface area (Å²) in [4.78, 5) is 25.6. The van der Waals surface area contributed by atoms with Gasteiger partial charge < -0.3 is 10.0 Å². The lowest BCUT2D eigenvalue weighted by atomic mass is 9.93. The lowest BCUT2D eigenvalue weighted by Gasteiger charge is -2.35. The molecule has 4 nitrogen and oxygen atoms in total. The van der Waals surface area contributed by atoms with Crippen LogP contribution in [0.1, 0.15) is 24.0 Å². The first kappa shape index (κ1) is 13.5. The van der Waals surface area contributed by atoms with Crippen LogP contribution in [0.4, 0.5) is 0 Å². The highest BCUT2D eigenvalue weighted by atomic mass is 32.2. The molecule has 2 atom stereocenters. The molecule has 2 heterocycles. The lowest BCUT2D eigenvalue weighted by Crippen LogP contribution is -2.51. The fourth-order valence-electron chi connectivity index (χ4n) is 2.93. The number of benzene rings is 1. The van der Waals surface area contributed by atoms with Gasteiger partial charge in [-0.25, -0.2) is 4.79 Å². The summed E-state index contributed by atoms with van der Waals surface area (Å²) in [7, 11) is 0. The van der Waals surface area contributed by atoms with Crippen LogP contribution in [0, 0.1) is 0 Å². The van der Waals surface area contributed by atoms with Crippen LogP contribution in [-0.4, -0.2) is 38.9 Å². The predicted octanol–water partition coefficient (Wildman–Crippen LogP) is 1.92. The Hall–Kier alpha value is -1.49. The molecule has 5 heteroatoms. The maximum atomic E-state index is 12.6. The van der Waals surface area contributed by atoms with Crippen molar-refractivity contribution in [3.63, 3.8) is 0 Å². The van der Waals surface area contributed by atoms with E-state index >= 15 is 0 Å². The van der Waals surface area contributed by atoms with Crippen molar-refractivity contribution < 1.29 is 14.7 Å². The zero-order valence-corrected chi connectivity index (χ0v) is 11.9. The number of aliphatic carboxylic acids is 1. The number of carbonyl (C=O) groups is 2. The molecule has 106 valence electrons. The zero-order valence-electron chi connectivity index (χ0n) is 11.1. The topological polar surface area (TPSA) is 57.6 Å². The van der Waals surface area contributed by atoms with E-state index in [0.717, 1.165) is 29.7 Å². The molecular weight excluding hydrogens is 274 g/mol. The first-order valence-electron chi connectivity index (χ1n) is 6.88. The number of carbonyl (C=O) groups excluding carboxylic acids is 1. The van der Waals surface area contributed by atoms with Gasteiger partial charge in [0.15, 0.2) is 0 Å². The van der Waals surface area contributed by atoms with E-state index in [9.17, 15) is 14.7 Å². The number of hydrogen-bond acceptors (Lipinski definition) is 3. The molecule has 0 radical (unpaired) electrons. The van der Waals surface area contributed by atoms with E-state index in [1.54, 1.807) is 16.7 Å². The highest BCUT2D eigenvalue weighted by Gasteiger charge is 2.38. The van der Waals surface area contributed by atoms with E-state index in [0.29, 0.717) is 13.0 Å². The van der Waals surface area contributed by atoms with Crippen molar-refractivity contribution in [1.82, 2.24) is 4.90 Å². The molecular formula is C15H17NO3S. The largest absolute Gasteiger partial charge is 0.480 e. The van der Waals surface area contributed by atoms with Crippen LogP contribution in [0.5, 0.6) is 0 Å². The molecule has 0 bridgehead atoms. The molecule has 1 fully saturated rings. The highest BCUT2D eigenvalue weighted by molar-refractivity contribution is 8.00. The summed E-state index contributed by atoms with van der Waals surface area (Å²) in [5.74, 6) is 0.0868. The normalized spacial score (nSPS) is 25.3. The Morgan fingerprint density at radius 1 is 1.25 bits per heavy atom. The van der Waals surface area contributed by atoms with Gasteiger partial charge in [0, 0.05) is 13.0 Å². The van der Waals surface area contributed by atoms with Gasteiger partial charge in [0.25, 0.3) is 0 Å². The highest BCUT2D eigenvalue weighted by Crippen LogP contribution is 2.31. The second-order valence-corrected chi connectivity index (χ2v) is 6.61. The summed E-state index contributed by atoms with van der Waals surface area (Å²) in [5.41, 5.74) is 2.12. The van der Waals surface area contributed by atoms with E-state index in [4.69, 9.17) is 0 Å². The van der Waals surface area contributed by atoms with Crippen molar-refractivity contribution in [1.29, 1.82) is 0 Å². The fourth-order valence-corrected chi connectivity index (χ4v) is 4.16. The number of nitrogens with zero attached hydrogens (tertiary/aromatic N) is 1. The molecule has 2 aliphatic rings. The van der Waals surface area contributed by atoms with Gasteiger partial charge in [0.05, 0.1) is 5.25 Å². The third kappa shape index (κ3) is 2.42. The average molecular weight is 291 g/mol. The van der Waals surface area contributed by atoms with Gasteiger partial charge >= 0.3 is 5.97 Å². The van der Waals surface area contributed by atoms with Crippen molar-refractivity contribution in [2.24, 2.45) is 0 Å². The minimum atomic E-state index is -0.907. The molecule has 1 unspecified atom stereocenters. The van der Waals surface area contributed by atoms with E-state index in [1.807, 2.05) is 24.3 Å². The summed E-state index contributed by atoms with van der Waals surface area (Å²) in [6.45, 7) is 0.420. The van der Waals surface area contributed by atoms with Crippen LogP contribution in [-0.2, 0) is 22.6 Å². The first-order valence-corrected chi connectivity index (χ1v) is 7.93. The number of rotatable bonds is 2. The maximum Gasteiger partial charge on any atom is 0.326 e. The Morgan fingerprint density at radius 2 is 2.00 bits per heavy atom. The number of thioether (sulfide) groups is 1. The lowest BCUT2D eigenvalue weighted by molar-refractivity contribution is -0.151. The van der Waals surface area contributed by atoms with Gasteiger partial charge in [0.1, 0.15) is 6.04 Å². The van der Waals surface area contributed by atoms with Crippen LogP contribution in [0.3, 0.4) is 0 Å². The number of fused-ring (bicyclic) bond motifs is 1. The second-order valence-electron chi connectivity index (χ2n) is 5.29. The molecule has 0 aromatic heterocycles. The Bertz CT molecular complexity index is 540. The number of amides is 1. The molecule has 1 aromatic rings. The molecule has 0 spiro atoms. The molecule has 20 heavy (non-hydrogen) atoms. The van der Waals surface area contributed by atoms with E-state index in [-0.39, 0.29) is 11.2 Å². The third-order valence-corrected chi connectivity index (χ3v) is 5.39. The SMILES string of the molecule is O=C(O)[C@H]1Cc2ccccc2CN1C(=O)C1CCCS1. The van der Waals surface area contributed by atoms with Gasteiger partial charge in [0.2, 0.25) is 5.91 Å². The van der Waals surface area contributed by atoms with Gasteiger partial charge in [-0.3, -0.25) is 4.79 Å². The second kappa shape index (κ2) is 5.48. The summed E-state index contributed by atoms with van der Waals surface area (Å²) < 4.78 is 0. The molecule has 1 N–H and O–H groups in total. The van der Waals surface area contributed by atoms with Gasteiger partial charge in [-0.1, -0.05) is 24.3 Å². The number of carboxylic acid groups (broad SMARTS) is 1. The van der Waals surface area contributed by atoms with E-state index in [2.05, 4.69) is 0 Å². The third-order valence-electron chi connectivity index (χ3n) is 4.02. The predicted molar refractivity (Wildman–Crippen MR) is 77.6 cm³/mol. The van der Waals surface area contributed by atoms with E-state index in [1.165, 1.54) is 0 Å². The monoisotopic (exact) mass is 291 g/mol. The van der Waals surface area contributed by atoms with Gasteiger partial charge in [-0.15, -0.1) is 11.8 Å². The average Bonchev–Trinajstić information content (AvgIpc) is 2.99. The smallest absolute Gasteiger partial charge is 0.326 e. The number of carboxylic acids is 1. The maximum absolute atomic E-state index is 12.6. The molecule has 1 saturated heterocycles. The molecule has 1 amide bonds. The molecule has 1 aromatic carbocycles. The summed E-state index contributed by atoms with van der Waals surface area (Å²) in [5, 5.41) is 9.37. The standard InChI is InChI=1S/C15H17NO3S/c17-14(13-6-3-7-20-13)16-9-11-5-2-1-4-10(11)8-12(16)15(18)19/h1-2,4-5,12-13H,3,6-9H2,(H,18,19)/t12-,13?/m1/s1. The van der Waals surface area contributed by atoms with Crippen molar-refractivity contribution in [2.45, 2.75) is 37.1 Å². The Balaban J connectivity index is 1.88. The summed E-state index contributed by atoms with van der Waals surface area (Å²) in [6, 6.07) is 7.07. The van der Waals surface area contributed by atoms with Crippen LogP contribution < -0.4 is 0 Å². The Kier molecular flexibility index (Phi) is 3.70. The Morgan fingerprint density at radius 3 is 2.65 bits per heavy atom. The summed E-state index contributed by atoms with van der Waals surface area (Å²) >= 11 is 1.66. The van der Waals surface area contributed by atoms with Crippen LogP contribution in [0.15, 0.2) is 24.3 Å². The zero-order chi connectivity index (χ0) is 14.1. The van der Waals surface area contributed by atoms with Crippen molar-refractivity contribution >= 4 is 23.6 Å². The Labute approximate surface area is 122 Å². The van der Waals surface area contributed by atoms with Crippen LogP contribution in [0.25, 0.3) is 0 Å². The first-order chi connectivity index (χ1) is 9.66. The minimum Gasteiger partial charge on any atom is -0.480 e. The van der Waals surface area contributed by atoms with E-state index < -0.39 is 12.0 Å². The molecule has 0 saturated carbocycles. The quantitative estimate of drug-likeness (QED) is 0.904. The van der Waals surface area contributed by atoms with Crippen molar-refractivity contribution in [3.05, 3.63) is 35.4 Å². The van der Waals surface area contributed by atoms with Gasteiger partial charge in [-0.2, -0.15) is 0 Å². The molecule has 3 rings (SSSR count). The van der Waals surface area contributed by atoms with Crippen molar-refractivity contribution in [3.8, 4) is 0 Å². The van der Waals surface area contributed by atoms with Crippen LogP contribution in [0.2, 0.25) is 0 Å². The van der Waals surface area contributed by atoms with Crippen molar-refractivity contribution in [2.75, 3.05) is 5.75 Å². The fraction of sp³-hybridized carbons (Fsp3) is 0.467. The minimum absolute atomic E-state index is 0.00518. The molecule has 2 aliphatic heterocycles. The van der Waals surface area contributed by atoms with Crippen LogP contribution >= 0.6 is 11.8 Å². The molecule has 0 aliphatic carbocycles. The van der Waals surface area contributed by atoms with Gasteiger partial charge in [-0.05, 0) is 29.7 Å². The summed E-state index contributed by atoms with van der Waals surface area (Å²) in [6.07, 6.45) is 2.33. The number of hydrogen-bond donors (Lipinski definition) is 1.